The summed E-state index contributed by atoms with van der Waals surface area (Å²) in [6.45, 7) is 2.23. The van der Waals surface area contributed by atoms with Crippen molar-refractivity contribution >= 4 is 28.5 Å². The van der Waals surface area contributed by atoms with Crippen LogP contribution in [0.5, 0.6) is 5.75 Å². The zero-order chi connectivity index (χ0) is 27.9. The molecule has 0 unspecified atom stereocenters. The molecule has 0 aliphatic carbocycles. The molecule has 5 aromatic rings. The van der Waals surface area contributed by atoms with Crippen LogP contribution in [0.1, 0.15) is 24.1 Å². The summed E-state index contributed by atoms with van der Waals surface area (Å²) < 4.78 is 20.8. The molecule has 2 amide bonds. The Balaban J connectivity index is 1.56. The van der Waals surface area contributed by atoms with E-state index >= 15 is 0 Å². The summed E-state index contributed by atoms with van der Waals surface area (Å²) in [6.07, 6.45) is 0. The van der Waals surface area contributed by atoms with Crippen LogP contribution in [0.25, 0.3) is 11.0 Å². The lowest BCUT2D eigenvalue weighted by Crippen LogP contribution is -2.45. The fourth-order valence-corrected chi connectivity index (χ4v) is 4.53. The van der Waals surface area contributed by atoms with E-state index in [2.05, 4.69) is 15.6 Å². The number of para-hydroxylation sites is 3. The molecule has 1 N–H and O–H groups in total. The quantitative estimate of drug-likeness (QED) is 0.269. The number of fused-ring (bicyclic) bond motifs is 1. The number of rotatable bonds is 10. The number of hydrogen-bond acceptors (Lipinski definition) is 5. The number of carbonyl (C=O) groups is 2. The molecular formula is C31H28FN5O3. The molecule has 0 saturated heterocycles. The van der Waals surface area contributed by atoms with Gasteiger partial charge in [-0.3, -0.25) is 14.5 Å². The third-order valence-corrected chi connectivity index (χ3v) is 6.40. The van der Waals surface area contributed by atoms with Crippen LogP contribution >= 0.6 is 0 Å². The molecule has 1 aromatic heterocycles. The molecule has 0 radical (unpaired) electrons. The molecule has 0 saturated carbocycles. The van der Waals surface area contributed by atoms with Crippen molar-refractivity contribution in [3.05, 3.63) is 120 Å². The summed E-state index contributed by atoms with van der Waals surface area (Å²) in [5, 5.41) is 11.3. The van der Waals surface area contributed by atoms with Gasteiger partial charge in [0.15, 0.2) is 0 Å². The normalized spacial score (nSPS) is 11.7. The van der Waals surface area contributed by atoms with Crippen molar-refractivity contribution in [1.29, 1.82) is 0 Å². The van der Waals surface area contributed by atoms with Crippen LogP contribution in [0.4, 0.5) is 10.1 Å². The fourth-order valence-electron chi connectivity index (χ4n) is 4.53. The second kappa shape index (κ2) is 12.2. The van der Waals surface area contributed by atoms with Crippen LogP contribution in [0, 0.1) is 5.82 Å². The summed E-state index contributed by atoms with van der Waals surface area (Å²) in [7, 11) is 0. The van der Waals surface area contributed by atoms with Crippen molar-refractivity contribution in [3.63, 3.8) is 0 Å². The molecule has 5 rings (SSSR count). The number of nitrogens with zero attached hydrogens (tertiary/aromatic N) is 4. The summed E-state index contributed by atoms with van der Waals surface area (Å²) in [6, 6.07) is 28.4. The van der Waals surface area contributed by atoms with E-state index in [0.717, 1.165) is 5.56 Å². The lowest BCUT2D eigenvalue weighted by molar-refractivity contribution is -0.127. The molecule has 202 valence electrons. The highest BCUT2D eigenvalue weighted by Gasteiger charge is 2.34. The number of hydrogen-bond donors (Lipinski definition) is 1. The minimum Gasteiger partial charge on any atom is -0.492 e. The Bertz CT molecular complexity index is 1600. The second-order valence-corrected chi connectivity index (χ2v) is 9.06. The highest BCUT2D eigenvalue weighted by molar-refractivity contribution is 6.02. The second-order valence-electron chi connectivity index (χ2n) is 9.06. The SMILES string of the molecule is CCOc1ccccc1N(C(=O)Cn1nnc2ccccc21)[C@H](C(=O)NCc1ccc(F)cc1)c1ccccc1. The van der Waals surface area contributed by atoms with Crippen molar-refractivity contribution in [3.8, 4) is 5.75 Å². The van der Waals surface area contributed by atoms with Gasteiger partial charge in [0.1, 0.15) is 29.7 Å². The van der Waals surface area contributed by atoms with Crippen LogP contribution in [-0.4, -0.2) is 33.4 Å². The Morgan fingerprint density at radius 3 is 2.40 bits per heavy atom. The first-order chi connectivity index (χ1) is 19.5. The Morgan fingerprint density at radius 1 is 0.925 bits per heavy atom. The molecule has 9 heteroatoms. The Hall–Kier alpha value is -5.05. The smallest absolute Gasteiger partial charge is 0.249 e. The number of aromatic nitrogens is 3. The highest BCUT2D eigenvalue weighted by atomic mass is 19.1. The van der Waals surface area contributed by atoms with Crippen molar-refractivity contribution in [2.24, 2.45) is 0 Å². The van der Waals surface area contributed by atoms with Crippen molar-refractivity contribution in [1.82, 2.24) is 20.3 Å². The predicted octanol–water partition coefficient (Wildman–Crippen LogP) is 5.06. The van der Waals surface area contributed by atoms with Gasteiger partial charge >= 0.3 is 0 Å². The molecule has 0 aliphatic heterocycles. The zero-order valence-corrected chi connectivity index (χ0v) is 21.9. The number of ether oxygens (including phenoxy) is 1. The Morgan fingerprint density at radius 2 is 1.62 bits per heavy atom. The third kappa shape index (κ3) is 5.83. The van der Waals surface area contributed by atoms with Gasteiger partial charge in [-0.2, -0.15) is 0 Å². The van der Waals surface area contributed by atoms with Crippen molar-refractivity contribution in [2.75, 3.05) is 11.5 Å². The Labute approximate surface area is 231 Å². The fraction of sp³-hybridized carbons (Fsp3) is 0.161. The minimum absolute atomic E-state index is 0.157. The number of halogens is 1. The number of anilines is 1. The summed E-state index contributed by atoms with van der Waals surface area (Å²) >= 11 is 0. The standard InChI is InChI=1S/C31H28FN5O3/c1-2-40-28-15-9-8-14-27(28)37(29(38)21-36-26-13-7-6-12-25(26)34-35-36)30(23-10-4-3-5-11-23)31(39)33-20-22-16-18-24(32)19-17-22/h3-19,30H,2,20-21H2,1H3,(H,33,39)/t30-/m0/s1. The first-order valence-corrected chi connectivity index (χ1v) is 12.9. The predicted molar refractivity (Wildman–Crippen MR) is 150 cm³/mol. The zero-order valence-electron chi connectivity index (χ0n) is 21.9. The maximum atomic E-state index is 14.2. The molecular weight excluding hydrogens is 509 g/mol. The van der Waals surface area contributed by atoms with Gasteiger partial charge in [-0.1, -0.05) is 71.9 Å². The number of nitrogens with one attached hydrogen (secondary N) is 1. The summed E-state index contributed by atoms with van der Waals surface area (Å²) in [4.78, 5) is 29.6. The van der Waals surface area contributed by atoms with Gasteiger partial charge in [0.05, 0.1) is 17.8 Å². The number of benzene rings is 4. The molecule has 40 heavy (non-hydrogen) atoms. The monoisotopic (exact) mass is 537 g/mol. The summed E-state index contributed by atoms with van der Waals surface area (Å²) in [5.41, 5.74) is 3.15. The van der Waals surface area contributed by atoms with Gasteiger partial charge in [-0.25, -0.2) is 9.07 Å². The van der Waals surface area contributed by atoms with Crippen LogP contribution in [0.2, 0.25) is 0 Å². The molecule has 1 atom stereocenters. The van der Waals surface area contributed by atoms with Crippen molar-refractivity contribution in [2.45, 2.75) is 26.1 Å². The maximum absolute atomic E-state index is 14.2. The van der Waals surface area contributed by atoms with Crippen LogP contribution in [0.15, 0.2) is 103 Å². The van der Waals surface area contributed by atoms with E-state index in [1.54, 1.807) is 42.5 Å². The topological polar surface area (TPSA) is 89.3 Å². The molecule has 0 fully saturated rings. The molecule has 0 spiro atoms. The number of carbonyl (C=O) groups excluding carboxylic acids is 2. The van der Waals surface area contributed by atoms with E-state index in [4.69, 9.17) is 4.74 Å². The third-order valence-electron chi connectivity index (χ3n) is 6.40. The average molecular weight is 538 g/mol. The van der Waals surface area contributed by atoms with E-state index in [-0.39, 0.29) is 24.8 Å². The van der Waals surface area contributed by atoms with Gasteiger partial charge in [-0.05, 0) is 54.4 Å². The largest absolute Gasteiger partial charge is 0.492 e. The molecule has 0 bridgehead atoms. The van der Waals surface area contributed by atoms with Gasteiger partial charge in [0, 0.05) is 6.54 Å². The summed E-state index contributed by atoms with van der Waals surface area (Å²) in [5.74, 6) is -0.677. The molecule has 4 aromatic carbocycles. The van der Waals surface area contributed by atoms with Gasteiger partial charge in [0.25, 0.3) is 0 Å². The van der Waals surface area contributed by atoms with E-state index in [9.17, 15) is 14.0 Å². The van der Waals surface area contributed by atoms with E-state index < -0.39 is 11.9 Å². The maximum Gasteiger partial charge on any atom is 0.249 e. The first-order valence-electron chi connectivity index (χ1n) is 12.9. The lowest BCUT2D eigenvalue weighted by atomic mass is 10.0. The van der Waals surface area contributed by atoms with Crippen LogP contribution in [-0.2, 0) is 22.7 Å². The molecule has 1 heterocycles. The first kappa shape index (κ1) is 26.6. The van der Waals surface area contributed by atoms with Crippen LogP contribution in [0.3, 0.4) is 0 Å². The van der Waals surface area contributed by atoms with Crippen LogP contribution < -0.4 is 15.0 Å². The number of amides is 2. The van der Waals surface area contributed by atoms with Gasteiger partial charge in [0.2, 0.25) is 11.8 Å². The Kier molecular flexibility index (Phi) is 8.10. The van der Waals surface area contributed by atoms with E-state index in [1.165, 1.54) is 21.7 Å². The molecule has 0 aliphatic rings. The minimum atomic E-state index is -1.04. The average Bonchev–Trinajstić information content (AvgIpc) is 3.39. The molecule has 8 nitrogen and oxygen atoms in total. The lowest BCUT2D eigenvalue weighted by Gasteiger charge is -2.32. The highest BCUT2D eigenvalue weighted by Crippen LogP contribution is 2.35. The van der Waals surface area contributed by atoms with Gasteiger partial charge in [-0.15, -0.1) is 5.10 Å². The van der Waals surface area contributed by atoms with Gasteiger partial charge < -0.3 is 10.1 Å². The van der Waals surface area contributed by atoms with E-state index in [1.807, 2.05) is 55.5 Å². The van der Waals surface area contributed by atoms with Crippen molar-refractivity contribution < 1.29 is 18.7 Å². The van der Waals surface area contributed by atoms with E-state index in [0.29, 0.717) is 34.6 Å².